The summed E-state index contributed by atoms with van der Waals surface area (Å²) < 4.78 is 6.58. The number of aromatic nitrogens is 2. The topological polar surface area (TPSA) is 88.8 Å². The van der Waals surface area contributed by atoms with Gasteiger partial charge in [-0.1, -0.05) is 30.8 Å². The first-order valence-corrected chi connectivity index (χ1v) is 16.3. The van der Waals surface area contributed by atoms with Crippen LogP contribution in [0.25, 0.3) is 0 Å². The van der Waals surface area contributed by atoms with Crippen LogP contribution >= 0.6 is 0 Å². The maximum atomic E-state index is 12.6. The molecule has 4 aliphatic rings. The van der Waals surface area contributed by atoms with Gasteiger partial charge < -0.3 is 24.3 Å². The normalized spacial score (nSPS) is 19.6. The first-order chi connectivity index (χ1) is 22.0. The average molecular weight is 604 g/mol. The van der Waals surface area contributed by atoms with Crippen molar-refractivity contribution in [2.75, 3.05) is 49.6 Å². The van der Waals surface area contributed by atoms with Crippen molar-refractivity contribution in [2.24, 2.45) is 0 Å². The zero-order valence-electron chi connectivity index (χ0n) is 26.2. The highest BCUT2D eigenvalue weighted by molar-refractivity contribution is 5.87. The molecule has 2 aromatic carbocycles. The number of carbonyl (C=O) groups excluding carboxylic acids is 1. The van der Waals surface area contributed by atoms with E-state index in [0.717, 1.165) is 68.1 Å². The molecule has 9 heteroatoms. The molecule has 0 N–H and O–H groups in total. The molecule has 0 unspecified atom stereocenters. The zero-order valence-corrected chi connectivity index (χ0v) is 26.2. The lowest BCUT2D eigenvalue weighted by atomic mass is 9.89. The van der Waals surface area contributed by atoms with Crippen LogP contribution in [0.1, 0.15) is 52.8 Å². The lowest BCUT2D eigenvalue weighted by Crippen LogP contribution is -2.55. The molecule has 1 aromatic heterocycles. The number of benzene rings is 2. The molecule has 4 heterocycles. The zero-order chi connectivity index (χ0) is 30.9. The standard InChI is InChI=1S/C36H41N7O2/c1-3-34(44)43-21-20-42(23-27(43)14-17-37)35-30-16-19-41(32-12-6-9-25-8-4-5-11-28(25)32)24-31(30)38-36(39-35)45-33-13-7-10-26-22-40(2)18-15-29(26)33/h3,6-7,9-10,12-13,27H,1,4-5,8,11,14-16,18-24H2,2H3/t27-/m0/s1. The van der Waals surface area contributed by atoms with Gasteiger partial charge in [-0.2, -0.15) is 15.2 Å². The fourth-order valence-corrected chi connectivity index (χ4v) is 7.60. The van der Waals surface area contributed by atoms with Crippen LogP contribution in [0.15, 0.2) is 49.1 Å². The summed E-state index contributed by atoms with van der Waals surface area (Å²) in [6.45, 7) is 8.78. The van der Waals surface area contributed by atoms with E-state index in [1.165, 1.54) is 46.9 Å². The molecule has 1 aliphatic carbocycles. The Kier molecular flexibility index (Phi) is 8.16. The monoisotopic (exact) mass is 603 g/mol. The van der Waals surface area contributed by atoms with Crippen LogP contribution in [-0.2, 0) is 43.6 Å². The second-order valence-electron chi connectivity index (χ2n) is 12.7. The van der Waals surface area contributed by atoms with Crippen LogP contribution in [0.5, 0.6) is 11.8 Å². The highest BCUT2D eigenvalue weighted by Gasteiger charge is 2.34. The Morgan fingerprint density at radius 1 is 0.956 bits per heavy atom. The Morgan fingerprint density at radius 2 is 1.78 bits per heavy atom. The van der Waals surface area contributed by atoms with Crippen molar-refractivity contribution in [3.8, 4) is 17.8 Å². The number of piperazine rings is 1. The molecule has 7 rings (SSSR count). The van der Waals surface area contributed by atoms with Crippen molar-refractivity contribution in [1.82, 2.24) is 19.8 Å². The molecule has 0 radical (unpaired) electrons. The summed E-state index contributed by atoms with van der Waals surface area (Å²) in [5.74, 6) is 1.55. The van der Waals surface area contributed by atoms with Crippen molar-refractivity contribution in [2.45, 2.75) is 64.1 Å². The number of nitrogens with zero attached hydrogens (tertiary/aromatic N) is 7. The van der Waals surface area contributed by atoms with Gasteiger partial charge in [0.25, 0.3) is 0 Å². The van der Waals surface area contributed by atoms with Gasteiger partial charge in [0.1, 0.15) is 11.6 Å². The third kappa shape index (κ3) is 5.75. The first kappa shape index (κ1) is 29.3. The maximum Gasteiger partial charge on any atom is 0.324 e. The molecule has 1 fully saturated rings. The SMILES string of the molecule is C=CC(=O)N1CCN(c2nc(Oc3cccc4c3CCN(C)C4)nc3c2CCN(c2cccc4c2CCCC4)C3)C[C@@H]1CC#N. The number of anilines is 2. The number of rotatable bonds is 6. The van der Waals surface area contributed by atoms with Gasteiger partial charge in [-0.05, 0) is 80.5 Å². The molecule has 0 bridgehead atoms. The first-order valence-electron chi connectivity index (χ1n) is 16.3. The molecule has 1 atom stereocenters. The van der Waals surface area contributed by atoms with Gasteiger partial charge in [0.15, 0.2) is 0 Å². The summed E-state index contributed by atoms with van der Waals surface area (Å²) in [5.41, 5.74) is 8.92. The van der Waals surface area contributed by atoms with Gasteiger partial charge >= 0.3 is 6.01 Å². The van der Waals surface area contributed by atoms with Gasteiger partial charge in [0, 0.05) is 56.1 Å². The number of ether oxygens (including phenoxy) is 1. The molecule has 3 aliphatic heterocycles. The Morgan fingerprint density at radius 3 is 2.64 bits per heavy atom. The molecule has 45 heavy (non-hydrogen) atoms. The fourth-order valence-electron chi connectivity index (χ4n) is 7.60. The Hall–Kier alpha value is -4.42. The Balaban J connectivity index is 1.26. The summed E-state index contributed by atoms with van der Waals surface area (Å²) in [4.78, 5) is 31.6. The molecule has 0 spiro atoms. The van der Waals surface area contributed by atoms with E-state index >= 15 is 0 Å². The van der Waals surface area contributed by atoms with Crippen LogP contribution in [0, 0.1) is 11.3 Å². The van der Waals surface area contributed by atoms with Crippen molar-refractivity contribution in [3.05, 3.63) is 82.6 Å². The van der Waals surface area contributed by atoms with Crippen molar-refractivity contribution in [3.63, 3.8) is 0 Å². The van der Waals surface area contributed by atoms with E-state index in [4.69, 9.17) is 14.7 Å². The third-order valence-electron chi connectivity index (χ3n) is 9.92. The molecule has 232 valence electrons. The van der Waals surface area contributed by atoms with E-state index in [1.54, 1.807) is 4.90 Å². The Bertz CT molecular complexity index is 1660. The summed E-state index contributed by atoms with van der Waals surface area (Å²) in [7, 11) is 2.15. The number of carbonyl (C=O) groups is 1. The highest BCUT2D eigenvalue weighted by Crippen LogP contribution is 2.37. The van der Waals surface area contributed by atoms with E-state index in [0.29, 0.717) is 32.2 Å². The van der Waals surface area contributed by atoms with Crippen LogP contribution in [0.4, 0.5) is 11.5 Å². The van der Waals surface area contributed by atoms with Crippen molar-refractivity contribution >= 4 is 17.4 Å². The van der Waals surface area contributed by atoms with E-state index in [2.05, 4.69) is 64.7 Å². The summed E-state index contributed by atoms with van der Waals surface area (Å²) in [5, 5.41) is 9.60. The number of hydrogen-bond donors (Lipinski definition) is 0. The molecule has 9 nitrogen and oxygen atoms in total. The predicted molar refractivity (Wildman–Crippen MR) is 175 cm³/mol. The number of likely N-dealkylation sites (N-methyl/N-ethyl adjacent to an activating group) is 1. The third-order valence-corrected chi connectivity index (χ3v) is 9.92. The quantitative estimate of drug-likeness (QED) is 0.371. The Labute approximate surface area is 265 Å². The minimum Gasteiger partial charge on any atom is -0.424 e. The average Bonchev–Trinajstić information content (AvgIpc) is 3.07. The smallest absolute Gasteiger partial charge is 0.324 e. The predicted octanol–water partition coefficient (Wildman–Crippen LogP) is 4.82. The minimum absolute atomic E-state index is 0.134. The van der Waals surface area contributed by atoms with Crippen LogP contribution in [-0.4, -0.2) is 71.5 Å². The van der Waals surface area contributed by atoms with Crippen LogP contribution < -0.4 is 14.5 Å². The number of fused-ring (bicyclic) bond motifs is 3. The maximum absolute atomic E-state index is 12.6. The number of amides is 1. The summed E-state index contributed by atoms with van der Waals surface area (Å²) in [6, 6.07) is 15.4. The largest absolute Gasteiger partial charge is 0.424 e. The second kappa shape index (κ2) is 12.5. The van der Waals surface area contributed by atoms with E-state index < -0.39 is 0 Å². The molecule has 0 saturated carbocycles. The lowest BCUT2D eigenvalue weighted by Gasteiger charge is -2.42. The van der Waals surface area contributed by atoms with Crippen LogP contribution in [0.3, 0.4) is 0 Å². The number of hydrogen-bond acceptors (Lipinski definition) is 8. The second-order valence-corrected chi connectivity index (χ2v) is 12.7. The molecule has 1 saturated heterocycles. The van der Waals surface area contributed by atoms with Gasteiger partial charge in [-0.25, -0.2) is 0 Å². The highest BCUT2D eigenvalue weighted by atomic mass is 16.5. The summed E-state index contributed by atoms with van der Waals surface area (Å²) >= 11 is 0. The number of aryl methyl sites for hydroxylation is 1. The molecule has 3 aromatic rings. The van der Waals surface area contributed by atoms with E-state index in [9.17, 15) is 10.1 Å². The minimum atomic E-state index is -0.238. The van der Waals surface area contributed by atoms with Crippen LogP contribution in [0.2, 0.25) is 0 Å². The van der Waals surface area contributed by atoms with Crippen molar-refractivity contribution in [1.29, 1.82) is 5.26 Å². The van der Waals surface area contributed by atoms with Gasteiger partial charge in [-0.3, -0.25) is 4.79 Å². The summed E-state index contributed by atoms with van der Waals surface area (Å²) in [6.07, 6.45) is 8.10. The van der Waals surface area contributed by atoms with Gasteiger partial charge in [0.05, 0.1) is 30.8 Å². The van der Waals surface area contributed by atoms with Gasteiger partial charge in [-0.15, -0.1) is 0 Å². The van der Waals surface area contributed by atoms with Gasteiger partial charge in [0.2, 0.25) is 5.91 Å². The molecular weight excluding hydrogens is 562 g/mol. The van der Waals surface area contributed by atoms with E-state index in [-0.39, 0.29) is 18.4 Å². The molecular formula is C36H41N7O2. The number of nitriles is 1. The fraction of sp³-hybridized carbons (Fsp3) is 0.444. The lowest BCUT2D eigenvalue weighted by molar-refractivity contribution is -0.128. The molecule has 1 amide bonds. The van der Waals surface area contributed by atoms with Crippen molar-refractivity contribution < 1.29 is 9.53 Å². The van der Waals surface area contributed by atoms with E-state index in [1.807, 2.05) is 6.07 Å².